The summed E-state index contributed by atoms with van der Waals surface area (Å²) in [6, 6.07) is 4.89. The van der Waals surface area contributed by atoms with Gasteiger partial charge in [0.15, 0.2) is 0 Å². The standard InChI is InChI=1S/C14H16Br2FN3/c1-8(2)20-14(12(16)7-19-20)13(18-3)10-5-4-9(17)6-11(10)15/h4-8,13,18H,1-3H3. The van der Waals surface area contributed by atoms with Crippen LogP contribution < -0.4 is 5.32 Å². The topological polar surface area (TPSA) is 29.9 Å². The van der Waals surface area contributed by atoms with Gasteiger partial charge < -0.3 is 5.32 Å². The van der Waals surface area contributed by atoms with E-state index in [0.717, 1.165) is 20.2 Å². The maximum atomic E-state index is 13.3. The van der Waals surface area contributed by atoms with Crippen molar-refractivity contribution in [3.05, 3.63) is 50.4 Å². The van der Waals surface area contributed by atoms with Gasteiger partial charge in [0, 0.05) is 10.5 Å². The molecule has 0 spiro atoms. The minimum atomic E-state index is -0.257. The summed E-state index contributed by atoms with van der Waals surface area (Å²) in [6.45, 7) is 4.16. The molecular formula is C14H16Br2FN3. The van der Waals surface area contributed by atoms with Gasteiger partial charge in [-0.05, 0) is 54.5 Å². The lowest BCUT2D eigenvalue weighted by molar-refractivity contribution is 0.482. The van der Waals surface area contributed by atoms with E-state index in [1.165, 1.54) is 12.1 Å². The third kappa shape index (κ3) is 2.97. The number of hydrogen-bond donors (Lipinski definition) is 1. The molecule has 1 aromatic carbocycles. The zero-order valence-corrected chi connectivity index (χ0v) is 14.7. The van der Waals surface area contributed by atoms with Crippen molar-refractivity contribution in [2.75, 3.05) is 7.05 Å². The first-order valence-corrected chi connectivity index (χ1v) is 7.89. The van der Waals surface area contributed by atoms with Crippen LogP contribution >= 0.6 is 31.9 Å². The first-order chi connectivity index (χ1) is 9.45. The number of nitrogens with one attached hydrogen (secondary N) is 1. The summed E-state index contributed by atoms with van der Waals surface area (Å²) in [6.07, 6.45) is 1.79. The first kappa shape index (κ1) is 15.7. The minimum Gasteiger partial charge on any atom is -0.308 e. The molecule has 0 aliphatic carbocycles. The monoisotopic (exact) mass is 403 g/mol. The van der Waals surface area contributed by atoms with Crippen LogP contribution in [-0.4, -0.2) is 16.8 Å². The molecule has 0 fully saturated rings. The van der Waals surface area contributed by atoms with Crippen LogP contribution in [0.3, 0.4) is 0 Å². The molecule has 0 radical (unpaired) electrons. The molecule has 0 amide bonds. The predicted molar refractivity (Wildman–Crippen MR) is 85.3 cm³/mol. The van der Waals surface area contributed by atoms with Crippen molar-refractivity contribution in [3.63, 3.8) is 0 Å². The quantitative estimate of drug-likeness (QED) is 0.816. The summed E-state index contributed by atoms with van der Waals surface area (Å²) in [7, 11) is 1.88. The lowest BCUT2D eigenvalue weighted by Crippen LogP contribution is -2.23. The van der Waals surface area contributed by atoms with E-state index in [-0.39, 0.29) is 17.9 Å². The highest BCUT2D eigenvalue weighted by molar-refractivity contribution is 9.10. The first-order valence-electron chi connectivity index (χ1n) is 6.30. The summed E-state index contributed by atoms with van der Waals surface area (Å²) in [5.41, 5.74) is 1.99. The summed E-state index contributed by atoms with van der Waals surface area (Å²) >= 11 is 6.99. The fraction of sp³-hybridized carbons (Fsp3) is 0.357. The highest BCUT2D eigenvalue weighted by atomic mass is 79.9. The van der Waals surface area contributed by atoms with E-state index in [4.69, 9.17) is 0 Å². The van der Waals surface area contributed by atoms with Gasteiger partial charge in [-0.3, -0.25) is 4.68 Å². The highest BCUT2D eigenvalue weighted by Gasteiger charge is 2.23. The summed E-state index contributed by atoms with van der Waals surface area (Å²) in [4.78, 5) is 0. The largest absolute Gasteiger partial charge is 0.308 e. The van der Waals surface area contributed by atoms with Crippen LogP contribution in [0.4, 0.5) is 4.39 Å². The van der Waals surface area contributed by atoms with Crippen LogP contribution in [0.2, 0.25) is 0 Å². The molecule has 0 saturated carbocycles. The van der Waals surface area contributed by atoms with Crippen LogP contribution in [0.5, 0.6) is 0 Å². The second-order valence-corrected chi connectivity index (χ2v) is 6.51. The molecule has 0 bridgehead atoms. The molecule has 0 saturated heterocycles. The van der Waals surface area contributed by atoms with E-state index in [0.29, 0.717) is 0 Å². The number of nitrogens with zero attached hydrogens (tertiary/aromatic N) is 2. The Morgan fingerprint density at radius 2 is 1.95 bits per heavy atom. The van der Waals surface area contributed by atoms with E-state index in [1.807, 2.05) is 11.7 Å². The molecule has 1 atom stereocenters. The molecule has 108 valence electrons. The van der Waals surface area contributed by atoms with E-state index in [2.05, 4.69) is 56.1 Å². The van der Waals surface area contributed by atoms with Gasteiger partial charge >= 0.3 is 0 Å². The fourth-order valence-corrected chi connectivity index (χ4v) is 3.29. The second-order valence-electron chi connectivity index (χ2n) is 4.80. The Kier molecular flexibility index (Phi) is 4.99. The Balaban J connectivity index is 2.55. The normalized spacial score (nSPS) is 12.9. The number of aromatic nitrogens is 2. The lowest BCUT2D eigenvalue weighted by atomic mass is 10.0. The van der Waals surface area contributed by atoms with Crippen LogP contribution in [-0.2, 0) is 0 Å². The van der Waals surface area contributed by atoms with Gasteiger partial charge in [-0.25, -0.2) is 4.39 Å². The molecule has 6 heteroatoms. The van der Waals surface area contributed by atoms with E-state index in [9.17, 15) is 4.39 Å². The van der Waals surface area contributed by atoms with Crippen molar-refractivity contribution < 1.29 is 4.39 Å². The van der Waals surface area contributed by atoms with Crippen LogP contribution in [0, 0.1) is 5.82 Å². The summed E-state index contributed by atoms with van der Waals surface area (Å²) in [5.74, 6) is -0.257. The Morgan fingerprint density at radius 3 is 2.50 bits per heavy atom. The SMILES string of the molecule is CNC(c1ccc(F)cc1Br)c1c(Br)cnn1C(C)C. The zero-order valence-electron chi connectivity index (χ0n) is 11.5. The van der Waals surface area contributed by atoms with Gasteiger partial charge in [0.2, 0.25) is 0 Å². The van der Waals surface area contributed by atoms with Gasteiger partial charge in [0.05, 0.1) is 22.4 Å². The average molecular weight is 405 g/mol. The molecule has 2 rings (SSSR count). The molecule has 0 aliphatic heterocycles. The predicted octanol–water partition coefficient (Wildman–Crippen LogP) is 4.44. The van der Waals surface area contributed by atoms with Crippen molar-refractivity contribution in [1.29, 1.82) is 0 Å². The molecule has 20 heavy (non-hydrogen) atoms. The van der Waals surface area contributed by atoms with Crippen LogP contribution in [0.15, 0.2) is 33.3 Å². The Labute approximate surface area is 134 Å². The van der Waals surface area contributed by atoms with Gasteiger partial charge in [-0.2, -0.15) is 5.10 Å². The van der Waals surface area contributed by atoms with Gasteiger partial charge in [0.25, 0.3) is 0 Å². The Bertz CT molecular complexity index is 610. The van der Waals surface area contributed by atoms with Crippen molar-refractivity contribution in [2.24, 2.45) is 0 Å². The molecule has 2 aromatic rings. The van der Waals surface area contributed by atoms with Gasteiger partial charge in [0.1, 0.15) is 5.82 Å². The van der Waals surface area contributed by atoms with Crippen LogP contribution in [0.1, 0.15) is 37.2 Å². The number of halogens is 3. The van der Waals surface area contributed by atoms with Crippen molar-refractivity contribution >= 4 is 31.9 Å². The Hall–Kier alpha value is -0.720. The molecule has 1 N–H and O–H groups in total. The Morgan fingerprint density at radius 1 is 1.25 bits per heavy atom. The maximum absolute atomic E-state index is 13.3. The van der Waals surface area contributed by atoms with Gasteiger partial charge in [-0.15, -0.1) is 0 Å². The molecular weight excluding hydrogens is 389 g/mol. The fourth-order valence-electron chi connectivity index (χ4n) is 2.21. The highest BCUT2D eigenvalue weighted by Crippen LogP contribution is 2.34. The molecule has 1 unspecified atom stereocenters. The maximum Gasteiger partial charge on any atom is 0.124 e. The number of hydrogen-bond acceptors (Lipinski definition) is 2. The summed E-state index contributed by atoms with van der Waals surface area (Å²) in [5, 5.41) is 7.67. The molecule has 1 heterocycles. The molecule has 3 nitrogen and oxygen atoms in total. The van der Waals surface area contributed by atoms with Crippen molar-refractivity contribution in [3.8, 4) is 0 Å². The van der Waals surface area contributed by atoms with Gasteiger partial charge in [-0.1, -0.05) is 22.0 Å². The lowest BCUT2D eigenvalue weighted by Gasteiger charge is -2.22. The average Bonchev–Trinajstić information content (AvgIpc) is 2.75. The summed E-state index contributed by atoms with van der Waals surface area (Å²) < 4.78 is 16.9. The molecule has 0 aliphatic rings. The van der Waals surface area contributed by atoms with Crippen LogP contribution in [0.25, 0.3) is 0 Å². The number of rotatable bonds is 4. The zero-order chi connectivity index (χ0) is 14.9. The third-order valence-corrected chi connectivity index (χ3v) is 4.41. The second kappa shape index (κ2) is 6.37. The van der Waals surface area contributed by atoms with Crippen molar-refractivity contribution in [2.45, 2.75) is 25.9 Å². The third-order valence-electron chi connectivity index (χ3n) is 3.11. The van der Waals surface area contributed by atoms with Crippen molar-refractivity contribution in [1.82, 2.24) is 15.1 Å². The molecule has 1 aromatic heterocycles. The van der Waals surface area contributed by atoms with E-state index in [1.54, 1.807) is 12.3 Å². The number of benzene rings is 1. The smallest absolute Gasteiger partial charge is 0.124 e. The van der Waals surface area contributed by atoms with E-state index >= 15 is 0 Å². The minimum absolute atomic E-state index is 0.0794. The van der Waals surface area contributed by atoms with E-state index < -0.39 is 0 Å².